The van der Waals surface area contributed by atoms with Gasteiger partial charge < -0.3 is 4.90 Å². The topological polar surface area (TPSA) is 20.3 Å². The molecule has 0 aliphatic carbocycles. The molecule has 2 rings (SSSR count). The lowest BCUT2D eigenvalue weighted by atomic mass is 10.1. The van der Waals surface area contributed by atoms with Crippen molar-refractivity contribution in [2.45, 2.75) is 19.9 Å². The number of ketones is 1. The van der Waals surface area contributed by atoms with Gasteiger partial charge in [0.25, 0.3) is 0 Å². The maximum atomic E-state index is 12.8. The van der Waals surface area contributed by atoms with E-state index < -0.39 is 0 Å². The molecule has 0 atom stereocenters. The maximum absolute atomic E-state index is 12.8. The third-order valence-corrected chi connectivity index (χ3v) is 3.46. The molecule has 2 aromatic rings. The van der Waals surface area contributed by atoms with Crippen LogP contribution in [0.2, 0.25) is 0 Å². The number of Topliss-reactive ketones (excluding diaryl/α,β-unsaturated/α-hetero) is 1. The van der Waals surface area contributed by atoms with Crippen LogP contribution in [0, 0.1) is 12.7 Å². The van der Waals surface area contributed by atoms with Crippen molar-refractivity contribution < 1.29 is 9.18 Å². The molecule has 21 heavy (non-hydrogen) atoms. The van der Waals surface area contributed by atoms with Gasteiger partial charge in [0.05, 0.1) is 0 Å². The fourth-order valence-corrected chi connectivity index (χ4v) is 2.16. The molecule has 2 nitrogen and oxygen atoms in total. The highest BCUT2D eigenvalue weighted by atomic mass is 19.1. The van der Waals surface area contributed by atoms with Crippen LogP contribution < -0.4 is 0 Å². The summed E-state index contributed by atoms with van der Waals surface area (Å²) in [6, 6.07) is 14.1. The van der Waals surface area contributed by atoms with Crippen molar-refractivity contribution in [2.75, 3.05) is 13.6 Å². The molecule has 0 saturated heterocycles. The highest BCUT2D eigenvalue weighted by molar-refractivity contribution is 5.96. The lowest BCUT2D eigenvalue weighted by Gasteiger charge is -2.16. The first-order chi connectivity index (χ1) is 10.0. The Morgan fingerprint density at radius 3 is 2.29 bits per heavy atom. The first kappa shape index (κ1) is 15.4. The minimum Gasteiger partial charge on any atom is -0.302 e. The van der Waals surface area contributed by atoms with E-state index in [0.717, 1.165) is 16.7 Å². The molecular formula is C18H20FNO. The molecular weight excluding hydrogens is 265 g/mol. The fraction of sp³-hybridized carbons (Fsp3) is 0.278. The van der Waals surface area contributed by atoms with E-state index in [9.17, 15) is 9.18 Å². The molecule has 0 aliphatic heterocycles. The zero-order valence-electron chi connectivity index (χ0n) is 12.5. The standard InChI is InChI=1S/C18H20FNO/c1-14-3-7-16(8-4-14)18(21)11-12-20(2)13-15-5-9-17(19)10-6-15/h3-10H,11-13H2,1-2H3. The zero-order valence-corrected chi connectivity index (χ0v) is 12.5. The van der Waals surface area contributed by atoms with E-state index >= 15 is 0 Å². The number of halogens is 1. The van der Waals surface area contributed by atoms with E-state index in [2.05, 4.69) is 4.90 Å². The zero-order chi connectivity index (χ0) is 15.2. The van der Waals surface area contributed by atoms with E-state index in [0.29, 0.717) is 19.5 Å². The van der Waals surface area contributed by atoms with E-state index in [-0.39, 0.29) is 11.6 Å². The van der Waals surface area contributed by atoms with Crippen LogP contribution in [0.25, 0.3) is 0 Å². The number of benzene rings is 2. The number of nitrogens with zero attached hydrogens (tertiary/aromatic N) is 1. The number of hydrogen-bond donors (Lipinski definition) is 0. The van der Waals surface area contributed by atoms with Gasteiger partial charge in [0.2, 0.25) is 0 Å². The van der Waals surface area contributed by atoms with Gasteiger partial charge in [-0.15, -0.1) is 0 Å². The summed E-state index contributed by atoms with van der Waals surface area (Å²) in [5.41, 5.74) is 2.96. The number of carbonyl (C=O) groups excluding carboxylic acids is 1. The van der Waals surface area contributed by atoms with Crippen molar-refractivity contribution in [1.29, 1.82) is 0 Å². The summed E-state index contributed by atoms with van der Waals surface area (Å²) in [4.78, 5) is 14.2. The molecule has 0 fully saturated rings. The van der Waals surface area contributed by atoms with Crippen molar-refractivity contribution in [3.05, 3.63) is 71.0 Å². The Bertz CT molecular complexity index is 590. The van der Waals surface area contributed by atoms with Crippen LogP contribution >= 0.6 is 0 Å². The summed E-state index contributed by atoms with van der Waals surface area (Å²) in [5, 5.41) is 0. The summed E-state index contributed by atoms with van der Waals surface area (Å²) < 4.78 is 12.8. The van der Waals surface area contributed by atoms with Gasteiger partial charge in [-0.05, 0) is 31.7 Å². The SMILES string of the molecule is Cc1ccc(C(=O)CCN(C)Cc2ccc(F)cc2)cc1. The monoisotopic (exact) mass is 285 g/mol. The number of aryl methyl sites for hydroxylation is 1. The van der Waals surface area contributed by atoms with Crippen molar-refractivity contribution in [1.82, 2.24) is 4.90 Å². The van der Waals surface area contributed by atoms with E-state index in [1.165, 1.54) is 12.1 Å². The fourth-order valence-electron chi connectivity index (χ4n) is 2.16. The molecule has 0 heterocycles. The Labute approximate surface area is 125 Å². The smallest absolute Gasteiger partial charge is 0.164 e. The van der Waals surface area contributed by atoms with Crippen molar-refractivity contribution in [3.63, 3.8) is 0 Å². The highest BCUT2D eigenvalue weighted by Gasteiger charge is 2.08. The molecule has 0 unspecified atom stereocenters. The molecule has 0 bridgehead atoms. The molecule has 0 saturated carbocycles. The summed E-state index contributed by atoms with van der Waals surface area (Å²) >= 11 is 0. The second kappa shape index (κ2) is 7.14. The third-order valence-electron chi connectivity index (χ3n) is 3.46. The molecule has 110 valence electrons. The average molecular weight is 285 g/mol. The van der Waals surface area contributed by atoms with Gasteiger partial charge in [-0.3, -0.25) is 4.79 Å². The molecule has 0 aliphatic rings. The van der Waals surface area contributed by atoms with Gasteiger partial charge >= 0.3 is 0 Å². The van der Waals surface area contributed by atoms with Crippen LogP contribution in [0.4, 0.5) is 4.39 Å². The molecule has 0 amide bonds. The molecule has 0 radical (unpaired) electrons. The Morgan fingerprint density at radius 1 is 1.05 bits per heavy atom. The Morgan fingerprint density at radius 2 is 1.67 bits per heavy atom. The molecule has 2 aromatic carbocycles. The van der Waals surface area contributed by atoms with Gasteiger partial charge in [0.1, 0.15) is 5.82 Å². The summed E-state index contributed by atoms with van der Waals surface area (Å²) in [6.45, 7) is 3.40. The molecule has 0 spiro atoms. The Kier molecular flexibility index (Phi) is 5.23. The van der Waals surface area contributed by atoms with Gasteiger partial charge in [-0.2, -0.15) is 0 Å². The largest absolute Gasteiger partial charge is 0.302 e. The quantitative estimate of drug-likeness (QED) is 0.752. The van der Waals surface area contributed by atoms with Crippen molar-refractivity contribution in [2.24, 2.45) is 0 Å². The van der Waals surface area contributed by atoms with Crippen LogP contribution in [0.15, 0.2) is 48.5 Å². The van der Waals surface area contributed by atoms with Crippen molar-refractivity contribution >= 4 is 5.78 Å². The van der Waals surface area contributed by atoms with Crippen LogP contribution in [0.1, 0.15) is 27.9 Å². The van der Waals surface area contributed by atoms with Crippen LogP contribution in [-0.4, -0.2) is 24.3 Å². The van der Waals surface area contributed by atoms with Gasteiger partial charge in [0.15, 0.2) is 5.78 Å². The van der Waals surface area contributed by atoms with Crippen LogP contribution in [0.5, 0.6) is 0 Å². The minimum atomic E-state index is -0.226. The molecule has 0 N–H and O–H groups in total. The summed E-state index contributed by atoms with van der Waals surface area (Å²) in [7, 11) is 1.96. The van der Waals surface area contributed by atoms with E-state index in [4.69, 9.17) is 0 Å². The van der Waals surface area contributed by atoms with Crippen LogP contribution in [0.3, 0.4) is 0 Å². The Hall–Kier alpha value is -2.00. The van der Waals surface area contributed by atoms with E-state index in [1.807, 2.05) is 38.2 Å². The van der Waals surface area contributed by atoms with Crippen molar-refractivity contribution in [3.8, 4) is 0 Å². The van der Waals surface area contributed by atoms with Gasteiger partial charge in [-0.1, -0.05) is 42.0 Å². The second-order valence-corrected chi connectivity index (χ2v) is 5.40. The number of carbonyl (C=O) groups is 1. The first-order valence-electron chi connectivity index (χ1n) is 7.07. The van der Waals surface area contributed by atoms with Crippen LogP contribution in [-0.2, 0) is 6.54 Å². The lowest BCUT2D eigenvalue weighted by molar-refractivity contribution is 0.0968. The minimum absolute atomic E-state index is 0.154. The normalized spacial score (nSPS) is 10.9. The lowest BCUT2D eigenvalue weighted by Crippen LogP contribution is -2.21. The number of hydrogen-bond acceptors (Lipinski definition) is 2. The average Bonchev–Trinajstić information content (AvgIpc) is 2.48. The van der Waals surface area contributed by atoms with Gasteiger partial charge in [-0.25, -0.2) is 4.39 Å². The summed E-state index contributed by atoms with van der Waals surface area (Å²) in [6.07, 6.45) is 0.487. The summed E-state index contributed by atoms with van der Waals surface area (Å²) in [5.74, 6) is -0.0723. The first-order valence-corrected chi connectivity index (χ1v) is 7.07. The highest BCUT2D eigenvalue weighted by Crippen LogP contribution is 2.09. The second-order valence-electron chi connectivity index (χ2n) is 5.40. The Balaban J connectivity index is 1.83. The van der Waals surface area contributed by atoms with Gasteiger partial charge in [0, 0.05) is 25.1 Å². The third kappa shape index (κ3) is 4.80. The predicted octanol–water partition coefficient (Wildman–Crippen LogP) is 3.84. The van der Waals surface area contributed by atoms with E-state index in [1.54, 1.807) is 12.1 Å². The number of rotatable bonds is 6. The maximum Gasteiger partial charge on any atom is 0.164 e. The molecule has 0 aromatic heterocycles. The predicted molar refractivity (Wildman–Crippen MR) is 82.9 cm³/mol. The molecule has 3 heteroatoms.